The van der Waals surface area contributed by atoms with Crippen molar-refractivity contribution in [2.75, 3.05) is 0 Å². The highest BCUT2D eigenvalue weighted by molar-refractivity contribution is 5.83. The molecular formula is C19H15NO3. The fraction of sp³-hybridized carbons (Fsp3) is 0.158. The summed E-state index contributed by atoms with van der Waals surface area (Å²) in [4.78, 5) is 11.3. The first-order valence-electron chi connectivity index (χ1n) is 7.59. The van der Waals surface area contributed by atoms with Gasteiger partial charge in [-0.05, 0) is 28.5 Å². The average Bonchev–Trinajstić information content (AvgIpc) is 2.60. The summed E-state index contributed by atoms with van der Waals surface area (Å²) in [5, 5.41) is 13.7. The first-order chi connectivity index (χ1) is 11.2. The Morgan fingerprint density at radius 3 is 2.52 bits per heavy atom. The van der Waals surface area contributed by atoms with Gasteiger partial charge in [0.05, 0.1) is 0 Å². The molecule has 0 saturated heterocycles. The second-order valence-electron chi connectivity index (χ2n) is 5.81. The van der Waals surface area contributed by atoms with E-state index in [4.69, 9.17) is 4.74 Å². The number of rotatable bonds is 2. The van der Waals surface area contributed by atoms with Crippen LogP contribution in [0.1, 0.15) is 17.2 Å². The maximum absolute atomic E-state index is 11.5. The highest BCUT2D eigenvalue weighted by Gasteiger charge is 2.39. The number of nitro groups is 1. The lowest BCUT2D eigenvalue weighted by atomic mass is 9.92. The second-order valence-corrected chi connectivity index (χ2v) is 5.81. The SMILES string of the molecule is O=[N+]([O-])[C@@H]1Cc2ccccc2O[C@H]1c1ccc2ccccc2c1. The molecule has 23 heavy (non-hydrogen) atoms. The number of nitrogens with zero attached hydrogens (tertiary/aromatic N) is 1. The molecule has 4 rings (SSSR count). The fourth-order valence-corrected chi connectivity index (χ4v) is 3.20. The van der Waals surface area contributed by atoms with Crippen molar-refractivity contribution in [3.8, 4) is 5.75 Å². The van der Waals surface area contributed by atoms with Gasteiger partial charge in [0.15, 0.2) is 6.10 Å². The molecule has 0 amide bonds. The molecule has 3 aromatic carbocycles. The van der Waals surface area contributed by atoms with E-state index in [-0.39, 0.29) is 4.92 Å². The van der Waals surface area contributed by atoms with Gasteiger partial charge < -0.3 is 4.74 Å². The van der Waals surface area contributed by atoms with E-state index in [0.29, 0.717) is 6.42 Å². The standard InChI is InChI=1S/C19H15NO3/c21-20(22)17-12-15-7-3-4-8-18(15)23-19(17)16-10-9-13-5-1-2-6-14(13)11-16/h1-11,17,19H,12H2/t17-,19+/m1/s1. The van der Waals surface area contributed by atoms with Crippen LogP contribution >= 0.6 is 0 Å². The molecule has 2 atom stereocenters. The van der Waals surface area contributed by atoms with E-state index in [1.165, 1.54) is 0 Å². The molecule has 4 nitrogen and oxygen atoms in total. The lowest BCUT2D eigenvalue weighted by Gasteiger charge is -2.29. The van der Waals surface area contributed by atoms with Gasteiger partial charge >= 0.3 is 0 Å². The van der Waals surface area contributed by atoms with Gasteiger partial charge in [0, 0.05) is 16.9 Å². The molecule has 4 heteroatoms. The molecule has 0 N–H and O–H groups in total. The second kappa shape index (κ2) is 5.39. The van der Waals surface area contributed by atoms with Crippen molar-refractivity contribution in [2.45, 2.75) is 18.6 Å². The molecule has 0 aliphatic carbocycles. The van der Waals surface area contributed by atoms with Gasteiger partial charge in [-0.25, -0.2) is 0 Å². The van der Waals surface area contributed by atoms with Crippen LogP contribution in [0, 0.1) is 10.1 Å². The van der Waals surface area contributed by atoms with Crippen LogP contribution in [0.4, 0.5) is 0 Å². The lowest BCUT2D eigenvalue weighted by Crippen LogP contribution is -2.36. The van der Waals surface area contributed by atoms with Crippen LogP contribution in [-0.2, 0) is 6.42 Å². The largest absolute Gasteiger partial charge is 0.478 e. The Kier molecular flexibility index (Phi) is 3.23. The van der Waals surface area contributed by atoms with Gasteiger partial charge in [-0.15, -0.1) is 0 Å². The number of benzene rings is 3. The molecule has 0 bridgehead atoms. The van der Waals surface area contributed by atoms with Crippen molar-refractivity contribution in [1.29, 1.82) is 0 Å². The zero-order chi connectivity index (χ0) is 15.8. The highest BCUT2D eigenvalue weighted by atomic mass is 16.6. The van der Waals surface area contributed by atoms with Gasteiger partial charge in [-0.2, -0.15) is 0 Å². The minimum absolute atomic E-state index is 0.226. The fourth-order valence-electron chi connectivity index (χ4n) is 3.20. The summed E-state index contributed by atoms with van der Waals surface area (Å²) >= 11 is 0. The van der Waals surface area contributed by atoms with Gasteiger partial charge in [0.2, 0.25) is 0 Å². The molecule has 1 aliphatic heterocycles. The van der Waals surface area contributed by atoms with Crippen molar-refractivity contribution in [1.82, 2.24) is 0 Å². The summed E-state index contributed by atoms with van der Waals surface area (Å²) in [6.07, 6.45) is -0.176. The Bertz CT molecular complexity index is 890. The maximum atomic E-state index is 11.5. The molecule has 0 unspecified atom stereocenters. The molecular weight excluding hydrogens is 290 g/mol. The molecule has 1 aliphatic rings. The lowest BCUT2D eigenvalue weighted by molar-refractivity contribution is -0.535. The zero-order valence-electron chi connectivity index (χ0n) is 12.4. The maximum Gasteiger partial charge on any atom is 0.257 e. The van der Waals surface area contributed by atoms with Crippen molar-refractivity contribution >= 4 is 10.8 Å². The summed E-state index contributed by atoms with van der Waals surface area (Å²) in [6.45, 7) is 0. The quantitative estimate of drug-likeness (QED) is 0.527. The molecule has 0 aromatic heterocycles. The van der Waals surface area contributed by atoms with E-state index in [9.17, 15) is 10.1 Å². The van der Waals surface area contributed by atoms with Crippen LogP contribution in [0.5, 0.6) is 5.75 Å². The highest BCUT2D eigenvalue weighted by Crippen LogP contribution is 2.36. The number of hydrogen-bond acceptors (Lipinski definition) is 3. The molecule has 3 aromatic rings. The monoisotopic (exact) mass is 305 g/mol. The molecule has 1 heterocycles. The van der Waals surface area contributed by atoms with Crippen LogP contribution in [0.2, 0.25) is 0 Å². The average molecular weight is 305 g/mol. The third-order valence-electron chi connectivity index (χ3n) is 4.38. The Morgan fingerprint density at radius 2 is 1.70 bits per heavy atom. The van der Waals surface area contributed by atoms with Crippen LogP contribution in [0.25, 0.3) is 10.8 Å². The van der Waals surface area contributed by atoms with Crippen LogP contribution in [-0.4, -0.2) is 11.0 Å². The Hall–Kier alpha value is -2.88. The number of fused-ring (bicyclic) bond motifs is 2. The first kappa shape index (κ1) is 13.8. The minimum atomic E-state index is -0.772. The summed E-state index contributed by atoms with van der Waals surface area (Å²) in [5.74, 6) is 0.740. The molecule has 114 valence electrons. The van der Waals surface area contributed by atoms with Gasteiger partial charge in [0.25, 0.3) is 6.04 Å². The predicted molar refractivity (Wildman–Crippen MR) is 88.2 cm³/mol. The van der Waals surface area contributed by atoms with E-state index < -0.39 is 12.1 Å². The third-order valence-corrected chi connectivity index (χ3v) is 4.38. The number of ether oxygens (including phenoxy) is 1. The minimum Gasteiger partial charge on any atom is -0.478 e. The molecule has 0 spiro atoms. The normalized spacial score (nSPS) is 19.8. The zero-order valence-corrected chi connectivity index (χ0v) is 12.4. The Morgan fingerprint density at radius 1 is 0.957 bits per heavy atom. The van der Waals surface area contributed by atoms with Gasteiger partial charge in [-0.1, -0.05) is 54.6 Å². The van der Waals surface area contributed by atoms with Gasteiger partial charge in [-0.3, -0.25) is 10.1 Å². The summed E-state index contributed by atoms with van der Waals surface area (Å²) in [6, 6.07) is 20.7. The molecule has 0 fully saturated rings. The van der Waals surface area contributed by atoms with Crippen LogP contribution < -0.4 is 4.74 Å². The number of para-hydroxylation sites is 1. The van der Waals surface area contributed by atoms with Crippen molar-refractivity contribution in [3.05, 3.63) is 88.0 Å². The van der Waals surface area contributed by atoms with Crippen molar-refractivity contribution in [2.24, 2.45) is 0 Å². The Labute approximate surface area is 133 Å². The summed E-state index contributed by atoms with van der Waals surface area (Å²) in [5.41, 5.74) is 1.74. The Balaban J connectivity index is 1.79. The summed E-state index contributed by atoms with van der Waals surface area (Å²) < 4.78 is 6.00. The topological polar surface area (TPSA) is 52.4 Å². The van der Waals surface area contributed by atoms with E-state index in [2.05, 4.69) is 0 Å². The first-order valence-corrected chi connectivity index (χ1v) is 7.59. The van der Waals surface area contributed by atoms with Crippen molar-refractivity contribution < 1.29 is 9.66 Å². The number of hydrogen-bond donors (Lipinski definition) is 0. The van der Waals surface area contributed by atoms with E-state index in [0.717, 1.165) is 27.6 Å². The van der Waals surface area contributed by atoms with Crippen LogP contribution in [0.3, 0.4) is 0 Å². The third kappa shape index (κ3) is 2.42. The smallest absolute Gasteiger partial charge is 0.257 e. The van der Waals surface area contributed by atoms with E-state index in [1.807, 2.05) is 66.7 Å². The molecule has 0 saturated carbocycles. The predicted octanol–water partition coefficient (Wildman–Crippen LogP) is 4.16. The summed E-state index contributed by atoms with van der Waals surface area (Å²) in [7, 11) is 0. The molecule has 0 radical (unpaired) electrons. The van der Waals surface area contributed by atoms with Crippen molar-refractivity contribution in [3.63, 3.8) is 0 Å². The van der Waals surface area contributed by atoms with Crippen LogP contribution in [0.15, 0.2) is 66.7 Å². The van der Waals surface area contributed by atoms with Gasteiger partial charge in [0.1, 0.15) is 5.75 Å². The van der Waals surface area contributed by atoms with E-state index >= 15 is 0 Å². The van der Waals surface area contributed by atoms with E-state index in [1.54, 1.807) is 0 Å².